The number of aryl methyl sites for hydroxylation is 5. The summed E-state index contributed by atoms with van der Waals surface area (Å²) in [7, 11) is 0. The molecule has 0 aliphatic carbocycles. The van der Waals surface area contributed by atoms with E-state index in [2.05, 4.69) is 165 Å². The first-order chi connectivity index (χ1) is 21.2. The van der Waals surface area contributed by atoms with Crippen molar-refractivity contribution < 1.29 is 23.3 Å². The van der Waals surface area contributed by atoms with Crippen molar-refractivity contribution in [3.63, 3.8) is 0 Å². The Morgan fingerprint density at radius 2 is 1.17 bits per heavy atom. The van der Waals surface area contributed by atoms with E-state index in [0.717, 1.165) is 0 Å². The molecule has 7 aromatic carbocycles. The number of rotatable bonds is 3. The summed E-state index contributed by atoms with van der Waals surface area (Å²) in [5.74, 6) is 0.575. The number of fused-ring (bicyclic) bond motifs is 3. The summed E-state index contributed by atoms with van der Waals surface area (Å²) in [5.41, 5.74) is 13.6. The SMILES string of the molecule is Cc1cc(C)c(-c2cccc3[cH-]c(C(C)C)cc23)c(C)c1.Cc1cc2c(-c3cccc4ccccc34)ccc(C)c2[cH-]1.[CH3-].[CH3-].[Si]=[Zr]. The van der Waals surface area contributed by atoms with Gasteiger partial charge in [-0.25, -0.2) is 0 Å². The summed E-state index contributed by atoms with van der Waals surface area (Å²) in [6.45, 7) is 18.6. The second-order valence-corrected chi connectivity index (χ2v) is 12.3. The minimum atomic E-state index is 0. The molecular weight excluding hydrogens is 648 g/mol. The van der Waals surface area contributed by atoms with Gasteiger partial charge < -0.3 is 14.9 Å². The van der Waals surface area contributed by atoms with Crippen LogP contribution in [0.4, 0.5) is 0 Å². The maximum absolute atomic E-state index is 3.06. The zero-order valence-corrected chi connectivity index (χ0v) is 32.4. The Labute approximate surface area is 294 Å². The first kappa shape index (κ1) is 37.1. The maximum atomic E-state index is 3.06. The fourth-order valence-electron chi connectivity index (χ4n) is 6.70. The summed E-state index contributed by atoms with van der Waals surface area (Å²) in [6, 6.07) is 40.2. The van der Waals surface area contributed by atoms with E-state index in [-0.39, 0.29) is 14.9 Å². The molecule has 0 atom stereocenters. The van der Waals surface area contributed by atoms with Crippen molar-refractivity contribution >= 4 is 39.2 Å². The van der Waals surface area contributed by atoms with Crippen molar-refractivity contribution in [3.05, 3.63) is 157 Å². The third-order valence-electron chi connectivity index (χ3n) is 8.72. The van der Waals surface area contributed by atoms with Crippen molar-refractivity contribution in [2.45, 2.75) is 54.4 Å². The Balaban J connectivity index is 0.000000228. The molecule has 0 spiro atoms. The molecule has 0 bridgehead atoms. The Morgan fingerprint density at radius 1 is 0.565 bits per heavy atom. The van der Waals surface area contributed by atoms with E-state index >= 15 is 0 Å². The molecule has 0 aliphatic heterocycles. The van der Waals surface area contributed by atoms with Crippen LogP contribution in [0.25, 0.3) is 54.6 Å². The van der Waals surface area contributed by atoms with Crippen LogP contribution < -0.4 is 0 Å². The molecule has 0 aromatic heterocycles. The van der Waals surface area contributed by atoms with Crippen LogP contribution in [-0.4, -0.2) is 6.88 Å². The summed E-state index contributed by atoms with van der Waals surface area (Å²) in [5, 5.41) is 8.10. The second-order valence-electron chi connectivity index (χ2n) is 12.3. The molecule has 0 saturated carbocycles. The van der Waals surface area contributed by atoms with Crippen molar-refractivity contribution in [1.82, 2.24) is 0 Å². The standard InChI is InChI=1S/C21H17.C21H23.2CH3.Si.Zr/c1-14-12-20-15(2)10-11-19(21(20)13-14)18-9-5-7-16-6-3-4-8-17(16)18;1-13(2)18-11-17-7-6-8-19(20(17)12-18)21-15(4)9-14(3)10-16(21)5;;;;/h3-13H,1-2H3;6-13H,1-5H3;2*1H3;;/q4*-1;;. The molecule has 2 heteroatoms. The molecule has 0 N–H and O–H groups in total. The van der Waals surface area contributed by atoms with Gasteiger partial charge in [0.15, 0.2) is 0 Å². The van der Waals surface area contributed by atoms with Crippen molar-refractivity contribution in [1.29, 1.82) is 0 Å². The second kappa shape index (κ2) is 16.0. The summed E-state index contributed by atoms with van der Waals surface area (Å²) >= 11 is 1.36. The fraction of sp³-hybridized carbons (Fsp3) is 0.182. The van der Waals surface area contributed by atoms with Gasteiger partial charge in [-0.2, -0.15) is 12.1 Å². The van der Waals surface area contributed by atoms with E-state index in [1.54, 1.807) is 0 Å². The molecule has 46 heavy (non-hydrogen) atoms. The molecule has 7 rings (SSSR count). The monoisotopic (exact) mass is 692 g/mol. The van der Waals surface area contributed by atoms with Crippen molar-refractivity contribution in [2.24, 2.45) is 0 Å². The zero-order valence-electron chi connectivity index (χ0n) is 29.0. The fourth-order valence-corrected chi connectivity index (χ4v) is 6.70. The molecule has 0 saturated heterocycles. The minimum absolute atomic E-state index is 0. The Hall–Kier alpha value is -3.32. The zero-order chi connectivity index (χ0) is 31.5. The van der Waals surface area contributed by atoms with Crippen LogP contribution in [0.5, 0.6) is 0 Å². The van der Waals surface area contributed by atoms with E-state index in [4.69, 9.17) is 0 Å². The quantitative estimate of drug-likeness (QED) is 0.128. The van der Waals surface area contributed by atoms with Crippen LogP contribution in [-0.2, 0) is 23.3 Å². The van der Waals surface area contributed by atoms with Crippen molar-refractivity contribution in [3.8, 4) is 22.3 Å². The number of hydrogen-bond donors (Lipinski definition) is 0. The van der Waals surface area contributed by atoms with E-state index in [1.165, 1.54) is 111 Å². The topological polar surface area (TPSA) is 0 Å². The van der Waals surface area contributed by atoms with Crippen LogP contribution in [0.15, 0.2) is 109 Å². The van der Waals surface area contributed by atoms with Gasteiger partial charge in [0.05, 0.1) is 0 Å². The first-order valence-electron chi connectivity index (χ1n) is 15.4. The number of hydrogen-bond acceptors (Lipinski definition) is 0. The molecule has 234 valence electrons. The van der Waals surface area contributed by atoms with Gasteiger partial charge in [-0.1, -0.05) is 111 Å². The first-order valence-corrected chi connectivity index (χ1v) is 19.6. The van der Waals surface area contributed by atoms with Gasteiger partial charge in [-0.05, 0) is 59.7 Å². The molecule has 0 heterocycles. The molecule has 2 radical (unpaired) electrons. The number of benzene rings is 5. The molecule has 0 aliphatic rings. The van der Waals surface area contributed by atoms with E-state index in [0.29, 0.717) is 5.92 Å². The Morgan fingerprint density at radius 3 is 1.87 bits per heavy atom. The Kier molecular flexibility index (Phi) is 12.9. The van der Waals surface area contributed by atoms with Gasteiger partial charge >= 0.3 is 30.2 Å². The van der Waals surface area contributed by atoms with Gasteiger partial charge in [0, 0.05) is 0 Å². The van der Waals surface area contributed by atoms with Crippen molar-refractivity contribution in [2.75, 3.05) is 0 Å². The van der Waals surface area contributed by atoms with Gasteiger partial charge in [0.25, 0.3) is 0 Å². The molecule has 0 amide bonds. The van der Waals surface area contributed by atoms with Crippen LogP contribution in [0.1, 0.15) is 53.1 Å². The van der Waals surface area contributed by atoms with Crippen LogP contribution in [0.2, 0.25) is 0 Å². The molecule has 7 aromatic rings. The predicted octanol–water partition coefficient (Wildman–Crippen LogP) is 12.8. The summed E-state index contributed by atoms with van der Waals surface area (Å²) < 4.78 is 0. The van der Waals surface area contributed by atoms with E-state index < -0.39 is 0 Å². The van der Waals surface area contributed by atoms with Crippen LogP contribution >= 0.6 is 0 Å². The normalized spacial score (nSPS) is 10.5. The third-order valence-corrected chi connectivity index (χ3v) is 8.72. The average Bonchev–Trinajstić information content (AvgIpc) is 3.63. The van der Waals surface area contributed by atoms with Crippen LogP contribution in [0, 0.1) is 49.5 Å². The van der Waals surface area contributed by atoms with Gasteiger partial charge in [0.1, 0.15) is 0 Å². The third kappa shape index (κ3) is 7.46. The van der Waals surface area contributed by atoms with E-state index in [9.17, 15) is 0 Å². The Bertz CT molecular complexity index is 2060. The molecule has 0 fully saturated rings. The van der Waals surface area contributed by atoms with Gasteiger partial charge in [-0.3, -0.25) is 0 Å². The average molecular weight is 694 g/mol. The summed E-state index contributed by atoms with van der Waals surface area (Å²) in [4.78, 5) is 0. The van der Waals surface area contributed by atoms with Gasteiger partial charge in [-0.15, -0.1) is 68.6 Å². The summed E-state index contributed by atoms with van der Waals surface area (Å²) in [6.07, 6.45) is 0. The molecule has 0 unspecified atom stereocenters. The molecular formula is C44H46SiZr-4. The van der Waals surface area contributed by atoms with E-state index in [1.807, 2.05) is 0 Å². The molecule has 0 nitrogen and oxygen atoms in total. The van der Waals surface area contributed by atoms with Crippen LogP contribution in [0.3, 0.4) is 0 Å². The predicted molar refractivity (Wildman–Crippen MR) is 204 cm³/mol. The van der Waals surface area contributed by atoms with Gasteiger partial charge in [0.2, 0.25) is 0 Å².